The molecule has 0 radical (unpaired) electrons. The van der Waals surface area contributed by atoms with E-state index in [9.17, 15) is 9.59 Å². The molecule has 1 aliphatic rings. The number of rotatable bonds is 6. The van der Waals surface area contributed by atoms with Crippen molar-refractivity contribution < 1.29 is 4.79 Å². The molecule has 1 fully saturated rings. The van der Waals surface area contributed by atoms with Crippen molar-refractivity contribution in [2.75, 3.05) is 13.6 Å². The van der Waals surface area contributed by atoms with Crippen LogP contribution in [0, 0.1) is 0 Å². The van der Waals surface area contributed by atoms with E-state index in [1.165, 1.54) is 24.2 Å². The average molecular weight is 306 g/mol. The zero-order valence-corrected chi connectivity index (χ0v) is 12.7. The number of carbonyl (C=O) groups excluding carboxylic acids is 1. The molecule has 1 amide bonds. The number of carbonyl (C=O) groups is 1. The second-order valence-electron chi connectivity index (χ2n) is 5.38. The highest BCUT2D eigenvalue weighted by molar-refractivity contribution is 7.17. The number of hydrogen-bond acceptors (Lipinski definition) is 5. The van der Waals surface area contributed by atoms with Crippen LogP contribution in [0.4, 0.5) is 0 Å². The predicted octanol–water partition coefficient (Wildman–Crippen LogP) is 1.09. The first-order chi connectivity index (χ1) is 10.1. The van der Waals surface area contributed by atoms with Gasteiger partial charge in [-0.05, 0) is 24.3 Å². The van der Waals surface area contributed by atoms with Crippen LogP contribution in [-0.4, -0.2) is 40.4 Å². The van der Waals surface area contributed by atoms with Gasteiger partial charge in [0.2, 0.25) is 5.91 Å². The Morgan fingerprint density at radius 1 is 1.57 bits per heavy atom. The summed E-state index contributed by atoms with van der Waals surface area (Å²) in [6.07, 6.45) is 2.91. The van der Waals surface area contributed by atoms with Crippen LogP contribution in [0.1, 0.15) is 25.1 Å². The molecule has 0 saturated heterocycles. The minimum atomic E-state index is -0.138. The molecule has 3 rings (SSSR count). The van der Waals surface area contributed by atoms with Crippen molar-refractivity contribution in [1.82, 2.24) is 20.2 Å². The highest BCUT2D eigenvalue weighted by atomic mass is 32.1. The van der Waals surface area contributed by atoms with E-state index < -0.39 is 0 Å². The minimum Gasteiger partial charge on any atom is -0.338 e. The Labute approximate surface area is 126 Å². The van der Waals surface area contributed by atoms with Crippen molar-refractivity contribution >= 4 is 27.5 Å². The Morgan fingerprint density at radius 3 is 3.14 bits per heavy atom. The lowest BCUT2D eigenvalue weighted by atomic mass is 10.3. The highest BCUT2D eigenvalue weighted by Gasteiger charge is 2.20. The summed E-state index contributed by atoms with van der Waals surface area (Å²) in [6.45, 7) is 1.03. The standard InChI is InChI=1S/C14H18N4O2S/c1-18(12(19)4-6-15-9-2-3-9)8-11-16-10-5-7-21-13(10)14(20)17-11/h5,7,9,15H,2-4,6,8H2,1H3,(H,16,17,20). The minimum absolute atomic E-state index is 0.0521. The van der Waals surface area contributed by atoms with E-state index in [1.807, 2.05) is 11.4 Å². The Bertz CT molecular complexity index is 704. The number of aromatic amines is 1. The van der Waals surface area contributed by atoms with Gasteiger partial charge in [0.1, 0.15) is 10.5 Å². The fraction of sp³-hybridized carbons (Fsp3) is 0.500. The Morgan fingerprint density at radius 2 is 2.38 bits per heavy atom. The summed E-state index contributed by atoms with van der Waals surface area (Å²) in [5, 5.41) is 5.16. The molecular weight excluding hydrogens is 288 g/mol. The molecular formula is C14H18N4O2S. The number of hydrogen-bond donors (Lipinski definition) is 2. The van der Waals surface area contributed by atoms with Gasteiger partial charge in [0.05, 0.1) is 12.1 Å². The van der Waals surface area contributed by atoms with Gasteiger partial charge >= 0.3 is 0 Å². The maximum Gasteiger partial charge on any atom is 0.268 e. The molecule has 0 atom stereocenters. The molecule has 0 unspecified atom stereocenters. The van der Waals surface area contributed by atoms with Crippen LogP contribution in [-0.2, 0) is 11.3 Å². The Kier molecular flexibility index (Phi) is 4.03. The van der Waals surface area contributed by atoms with Gasteiger partial charge in [-0.15, -0.1) is 11.3 Å². The topological polar surface area (TPSA) is 78.1 Å². The summed E-state index contributed by atoms with van der Waals surface area (Å²) in [7, 11) is 1.73. The molecule has 6 nitrogen and oxygen atoms in total. The van der Waals surface area contributed by atoms with Gasteiger partial charge in [0, 0.05) is 26.1 Å². The van der Waals surface area contributed by atoms with Gasteiger partial charge in [0.15, 0.2) is 0 Å². The van der Waals surface area contributed by atoms with Crippen LogP contribution < -0.4 is 10.9 Å². The number of nitrogens with zero attached hydrogens (tertiary/aromatic N) is 2. The van der Waals surface area contributed by atoms with Gasteiger partial charge in [-0.2, -0.15) is 0 Å². The highest BCUT2D eigenvalue weighted by Crippen LogP contribution is 2.18. The van der Waals surface area contributed by atoms with Gasteiger partial charge in [-0.3, -0.25) is 9.59 Å². The summed E-state index contributed by atoms with van der Waals surface area (Å²) in [6, 6.07) is 2.43. The molecule has 2 heterocycles. The van der Waals surface area contributed by atoms with E-state index in [1.54, 1.807) is 11.9 Å². The van der Waals surface area contributed by atoms with Crippen molar-refractivity contribution in [2.24, 2.45) is 0 Å². The van der Waals surface area contributed by atoms with Crippen LogP contribution >= 0.6 is 11.3 Å². The fourth-order valence-corrected chi connectivity index (χ4v) is 2.90. The van der Waals surface area contributed by atoms with E-state index in [4.69, 9.17) is 0 Å². The molecule has 7 heteroatoms. The van der Waals surface area contributed by atoms with Crippen LogP contribution in [0.5, 0.6) is 0 Å². The van der Waals surface area contributed by atoms with Gasteiger partial charge in [-0.25, -0.2) is 4.98 Å². The van der Waals surface area contributed by atoms with Crippen LogP contribution in [0.15, 0.2) is 16.2 Å². The normalized spacial score (nSPS) is 14.5. The quantitative estimate of drug-likeness (QED) is 0.837. The molecule has 0 aliphatic heterocycles. The van der Waals surface area contributed by atoms with Crippen molar-refractivity contribution in [2.45, 2.75) is 31.8 Å². The Hall–Kier alpha value is -1.73. The molecule has 21 heavy (non-hydrogen) atoms. The van der Waals surface area contributed by atoms with Crippen LogP contribution in [0.2, 0.25) is 0 Å². The molecule has 1 saturated carbocycles. The number of thiophene rings is 1. The van der Waals surface area contributed by atoms with Gasteiger partial charge in [-0.1, -0.05) is 0 Å². The summed E-state index contributed by atoms with van der Waals surface area (Å²) in [5.41, 5.74) is 0.552. The van der Waals surface area contributed by atoms with E-state index in [0.717, 1.165) is 0 Å². The smallest absolute Gasteiger partial charge is 0.268 e. The van der Waals surface area contributed by atoms with Crippen molar-refractivity contribution in [1.29, 1.82) is 0 Å². The molecule has 0 aromatic carbocycles. The largest absolute Gasteiger partial charge is 0.338 e. The molecule has 2 aromatic heterocycles. The van der Waals surface area contributed by atoms with Crippen LogP contribution in [0.3, 0.4) is 0 Å². The zero-order chi connectivity index (χ0) is 14.8. The summed E-state index contributed by atoms with van der Waals surface area (Å²) in [5.74, 6) is 0.577. The fourth-order valence-electron chi connectivity index (χ4n) is 2.17. The molecule has 2 N–H and O–H groups in total. The SMILES string of the molecule is CN(Cc1nc2ccsc2c(=O)[nH]1)C(=O)CCNC1CC1. The second kappa shape index (κ2) is 5.95. The lowest BCUT2D eigenvalue weighted by molar-refractivity contribution is -0.130. The monoisotopic (exact) mass is 306 g/mol. The lowest BCUT2D eigenvalue weighted by Gasteiger charge is -2.16. The maximum absolute atomic E-state index is 12.0. The van der Waals surface area contributed by atoms with E-state index in [2.05, 4.69) is 15.3 Å². The number of amides is 1. The molecule has 2 aromatic rings. The predicted molar refractivity (Wildman–Crippen MR) is 82.4 cm³/mol. The zero-order valence-electron chi connectivity index (χ0n) is 11.9. The number of aromatic nitrogens is 2. The first-order valence-electron chi connectivity index (χ1n) is 7.07. The average Bonchev–Trinajstić information content (AvgIpc) is 3.14. The summed E-state index contributed by atoms with van der Waals surface area (Å²) in [4.78, 5) is 32.6. The maximum atomic E-state index is 12.0. The molecule has 0 spiro atoms. The van der Waals surface area contributed by atoms with Gasteiger partial charge < -0.3 is 15.2 Å². The first-order valence-corrected chi connectivity index (χ1v) is 7.95. The van der Waals surface area contributed by atoms with Gasteiger partial charge in [0.25, 0.3) is 5.56 Å². The Balaban J connectivity index is 1.60. The number of nitrogens with one attached hydrogen (secondary N) is 2. The van der Waals surface area contributed by atoms with Crippen molar-refractivity contribution in [3.05, 3.63) is 27.6 Å². The second-order valence-corrected chi connectivity index (χ2v) is 6.29. The van der Waals surface area contributed by atoms with Crippen molar-refractivity contribution in [3.8, 4) is 0 Å². The third kappa shape index (κ3) is 3.48. The van der Waals surface area contributed by atoms with E-state index >= 15 is 0 Å². The van der Waals surface area contributed by atoms with Crippen molar-refractivity contribution in [3.63, 3.8) is 0 Å². The molecule has 1 aliphatic carbocycles. The van der Waals surface area contributed by atoms with E-state index in [-0.39, 0.29) is 11.5 Å². The molecule has 112 valence electrons. The lowest BCUT2D eigenvalue weighted by Crippen LogP contribution is -2.31. The van der Waals surface area contributed by atoms with E-state index in [0.29, 0.717) is 41.6 Å². The number of fused-ring (bicyclic) bond motifs is 1. The third-order valence-electron chi connectivity index (χ3n) is 3.53. The summed E-state index contributed by atoms with van der Waals surface area (Å²) < 4.78 is 0.626. The molecule has 0 bridgehead atoms. The summed E-state index contributed by atoms with van der Waals surface area (Å²) >= 11 is 1.37. The number of H-pyrrole nitrogens is 1. The first kappa shape index (κ1) is 14.2. The van der Waals surface area contributed by atoms with Crippen LogP contribution in [0.25, 0.3) is 10.2 Å². The third-order valence-corrected chi connectivity index (χ3v) is 4.43.